The van der Waals surface area contributed by atoms with E-state index in [1.165, 1.54) is 40.2 Å². The summed E-state index contributed by atoms with van der Waals surface area (Å²) in [6, 6.07) is 10.4. The van der Waals surface area contributed by atoms with Crippen molar-refractivity contribution in [2.24, 2.45) is 0 Å². The van der Waals surface area contributed by atoms with Crippen molar-refractivity contribution < 1.29 is 9.18 Å². The van der Waals surface area contributed by atoms with Gasteiger partial charge >= 0.3 is 0 Å². The van der Waals surface area contributed by atoms with Gasteiger partial charge in [-0.15, -0.1) is 11.3 Å². The Morgan fingerprint density at radius 2 is 1.88 bits per heavy atom. The lowest BCUT2D eigenvalue weighted by molar-refractivity contribution is -0.113. The molecule has 4 aromatic rings. The molecule has 0 aliphatic heterocycles. The third-order valence-electron chi connectivity index (χ3n) is 4.79. The Labute approximate surface area is 201 Å². The Bertz CT molecular complexity index is 1400. The summed E-state index contributed by atoms with van der Waals surface area (Å²) in [5, 5.41) is 4.27. The molecule has 0 saturated carbocycles. The van der Waals surface area contributed by atoms with E-state index in [-0.39, 0.29) is 23.0 Å². The summed E-state index contributed by atoms with van der Waals surface area (Å²) in [5.74, 6) is -0.697. The van der Waals surface area contributed by atoms with Crippen molar-refractivity contribution >= 4 is 68.1 Å². The van der Waals surface area contributed by atoms with Crippen LogP contribution in [0.25, 0.3) is 15.9 Å². The molecule has 1 amide bonds. The standard InChI is InChI=1S/C22H16Cl2FN3O2S2/c1-11-12(2)32-20-19(11)21(30)28(15-7-8-16(23)17(24)9-15)22(27-20)31-10-18(29)26-14-5-3-13(25)4-6-14/h3-9H,10H2,1-2H3,(H,26,29). The van der Waals surface area contributed by atoms with Crippen molar-refractivity contribution in [3.8, 4) is 5.69 Å². The van der Waals surface area contributed by atoms with Crippen LogP contribution in [0.2, 0.25) is 10.0 Å². The number of hydrogen-bond donors (Lipinski definition) is 1. The maximum Gasteiger partial charge on any atom is 0.267 e. The number of aryl methyl sites for hydroxylation is 2. The summed E-state index contributed by atoms with van der Waals surface area (Å²) in [5.41, 5.74) is 1.62. The van der Waals surface area contributed by atoms with Gasteiger partial charge in [-0.05, 0) is 61.9 Å². The van der Waals surface area contributed by atoms with E-state index in [9.17, 15) is 14.0 Å². The summed E-state index contributed by atoms with van der Waals surface area (Å²) >= 11 is 14.8. The van der Waals surface area contributed by atoms with Crippen molar-refractivity contribution in [3.05, 3.63) is 79.1 Å². The first kappa shape index (κ1) is 22.8. The fourth-order valence-corrected chi connectivity index (χ4v) is 5.26. The fraction of sp³-hybridized carbons (Fsp3) is 0.136. The van der Waals surface area contributed by atoms with Crippen molar-refractivity contribution in [3.63, 3.8) is 0 Å². The maximum absolute atomic E-state index is 13.5. The van der Waals surface area contributed by atoms with Gasteiger partial charge in [0.25, 0.3) is 5.56 Å². The molecule has 0 unspecified atom stereocenters. The van der Waals surface area contributed by atoms with Crippen LogP contribution < -0.4 is 10.9 Å². The zero-order valence-electron chi connectivity index (χ0n) is 16.9. The molecule has 0 spiro atoms. The second-order valence-corrected chi connectivity index (χ2v) is 9.90. The van der Waals surface area contributed by atoms with Crippen LogP contribution in [0.5, 0.6) is 0 Å². The Hall–Kier alpha value is -2.39. The quantitative estimate of drug-likeness (QED) is 0.256. The zero-order valence-corrected chi connectivity index (χ0v) is 20.1. The van der Waals surface area contributed by atoms with E-state index in [0.29, 0.717) is 36.8 Å². The number of aromatic nitrogens is 2. The minimum atomic E-state index is -0.387. The van der Waals surface area contributed by atoms with Crippen molar-refractivity contribution in [1.29, 1.82) is 0 Å². The summed E-state index contributed by atoms with van der Waals surface area (Å²) in [4.78, 5) is 32.2. The molecule has 5 nitrogen and oxygen atoms in total. The molecule has 164 valence electrons. The molecule has 2 aromatic carbocycles. The Morgan fingerprint density at radius 1 is 1.16 bits per heavy atom. The van der Waals surface area contributed by atoms with Crippen LogP contribution in [0.1, 0.15) is 10.4 Å². The number of thioether (sulfide) groups is 1. The molecule has 2 aromatic heterocycles. The van der Waals surface area contributed by atoms with E-state index in [2.05, 4.69) is 10.3 Å². The van der Waals surface area contributed by atoms with E-state index in [1.54, 1.807) is 18.2 Å². The lowest BCUT2D eigenvalue weighted by atomic mass is 10.2. The highest BCUT2D eigenvalue weighted by molar-refractivity contribution is 7.99. The Balaban J connectivity index is 1.72. The number of rotatable bonds is 5. The van der Waals surface area contributed by atoms with Gasteiger partial charge in [-0.3, -0.25) is 14.2 Å². The third kappa shape index (κ3) is 4.54. The fourth-order valence-electron chi connectivity index (χ4n) is 3.08. The van der Waals surface area contributed by atoms with Crippen LogP contribution in [-0.4, -0.2) is 21.2 Å². The van der Waals surface area contributed by atoms with Crippen LogP contribution in [0.3, 0.4) is 0 Å². The van der Waals surface area contributed by atoms with E-state index in [0.717, 1.165) is 22.2 Å². The molecule has 0 atom stereocenters. The topological polar surface area (TPSA) is 64.0 Å². The van der Waals surface area contributed by atoms with Crippen LogP contribution >= 0.6 is 46.3 Å². The lowest BCUT2D eigenvalue weighted by Gasteiger charge is -2.13. The number of hydrogen-bond acceptors (Lipinski definition) is 5. The summed E-state index contributed by atoms with van der Waals surface area (Å²) in [6.07, 6.45) is 0. The van der Waals surface area contributed by atoms with Crippen LogP contribution in [0, 0.1) is 19.7 Å². The third-order valence-corrected chi connectivity index (χ3v) is 7.57. The van der Waals surface area contributed by atoms with Gasteiger partial charge in [-0.2, -0.15) is 0 Å². The average molecular weight is 508 g/mol. The highest BCUT2D eigenvalue weighted by Crippen LogP contribution is 2.31. The number of nitrogens with zero attached hydrogens (tertiary/aromatic N) is 2. The minimum absolute atomic E-state index is 0.0000154. The molecule has 0 aliphatic carbocycles. The minimum Gasteiger partial charge on any atom is -0.325 e. The molecule has 1 N–H and O–H groups in total. The molecule has 4 rings (SSSR count). The molecule has 0 radical (unpaired) electrons. The average Bonchev–Trinajstić information content (AvgIpc) is 3.04. The zero-order chi connectivity index (χ0) is 23.0. The summed E-state index contributed by atoms with van der Waals surface area (Å²) < 4.78 is 14.5. The molecule has 0 bridgehead atoms. The highest BCUT2D eigenvalue weighted by Gasteiger charge is 2.19. The molecular weight excluding hydrogens is 492 g/mol. The first-order chi connectivity index (χ1) is 15.2. The van der Waals surface area contributed by atoms with Gasteiger partial charge in [0, 0.05) is 10.6 Å². The van der Waals surface area contributed by atoms with Gasteiger partial charge < -0.3 is 5.32 Å². The van der Waals surface area contributed by atoms with Gasteiger partial charge in [0.1, 0.15) is 10.6 Å². The predicted octanol–water partition coefficient (Wildman–Crippen LogP) is 6.24. The Morgan fingerprint density at radius 3 is 2.56 bits per heavy atom. The number of anilines is 1. The van der Waals surface area contributed by atoms with Crippen LogP contribution in [0.15, 0.2) is 52.4 Å². The second-order valence-electron chi connectivity index (χ2n) is 6.94. The Kier molecular flexibility index (Phi) is 6.57. The number of thiophene rings is 1. The van der Waals surface area contributed by atoms with Crippen LogP contribution in [-0.2, 0) is 4.79 Å². The van der Waals surface area contributed by atoms with Crippen molar-refractivity contribution in [2.75, 3.05) is 11.1 Å². The normalized spacial score (nSPS) is 11.2. The summed E-state index contributed by atoms with van der Waals surface area (Å²) in [7, 11) is 0. The van der Waals surface area contributed by atoms with E-state index in [4.69, 9.17) is 23.2 Å². The van der Waals surface area contributed by atoms with Crippen molar-refractivity contribution in [2.45, 2.75) is 19.0 Å². The maximum atomic E-state index is 13.5. The number of halogens is 3. The molecule has 2 heterocycles. The monoisotopic (exact) mass is 507 g/mol. The first-order valence-electron chi connectivity index (χ1n) is 9.41. The first-order valence-corrected chi connectivity index (χ1v) is 12.0. The van der Waals surface area contributed by atoms with Gasteiger partial charge in [0.05, 0.1) is 26.9 Å². The number of fused-ring (bicyclic) bond motifs is 1. The van der Waals surface area contributed by atoms with Gasteiger partial charge in [0.15, 0.2) is 5.16 Å². The van der Waals surface area contributed by atoms with Gasteiger partial charge in [-0.25, -0.2) is 9.37 Å². The van der Waals surface area contributed by atoms with E-state index < -0.39 is 0 Å². The number of benzene rings is 2. The smallest absolute Gasteiger partial charge is 0.267 e. The van der Waals surface area contributed by atoms with E-state index in [1.807, 2.05) is 13.8 Å². The largest absolute Gasteiger partial charge is 0.325 e. The van der Waals surface area contributed by atoms with Crippen molar-refractivity contribution in [1.82, 2.24) is 9.55 Å². The molecule has 0 saturated heterocycles. The van der Waals surface area contributed by atoms with E-state index >= 15 is 0 Å². The van der Waals surface area contributed by atoms with Gasteiger partial charge in [-0.1, -0.05) is 35.0 Å². The number of amides is 1. The molecule has 0 fully saturated rings. The second kappa shape index (κ2) is 9.23. The number of carbonyl (C=O) groups is 1. The predicted molar refractivity (Wildman–Crippen MR) is 130 cm³/mol. The highest BCUT2D eigenvalue weighted by atomic mass is 35.5. The van der Waals surface area contributed by atoms with Gasteiger partial charge in [0.2, 0.25) is 5.91 Å². The summed E-state index contributed by atoms with van der Waals surface area (Å²) in [6.45, 7) is 3.83. The molecule has 0 aliphatic rings. The lowest BCUT2D eigenvalue weighted by Crippen LogP contribution is -2.23. The van der Waals surface area contributed by atoms with Crippen LogP contribution in [0.4, 0.5) is 10.1 Å². The number of nitrogens with one attached hydrogen (secondary N) is 1. The SMILES string of the molecule is Cc1sc2nc(SCC(=O)Nc3ccc(F)cc3)n(-c3ccc(Cl)c(Cl)c3)c(=O)c2c1C. The molecular formula is C22H16Cl2FN3O2S2. The molecule has 10 heteroatoms. The molecule has 32 heavy (non-hydrogen) atoms. The number of carbonyl (C=O) groups excluding carboxylic acids is 1.